The molecule has 0 bridgehead atoms. The SMILES string of the molecule is OCCCCNC(C1CC1)C1CC1. The average molecular weight is 183 g/mol. The lowest BCUT2D eigenvalue weighted by Crippen LogP contribution is -2.33. The quantitative estimate of drug-likeness (QED) is 0.587. The molecule has 0 aromatic heterocycles. The fourth-order valence-corrected chi connectivity index (χ4v) is 2.13. The standard InChI is InChI=1S/C11H21NO/c13-8-2-1-7-12-11(9-3-4-9)10-5-6-10/h9-13H,1-8H2. The van der Waals surface area contributed by atoms with Gasteiger partial charge in [-0.25, -0.2) is 0 Å². The second-order valence-electron chi connectivity index (χ2n) is 4.59. The Labute approximate surface area is 80.7 Å². The number of aliphatic hydroxyl groups is 1. The highest BCUT2D eigenvalue weighted by Crippen LogP contribution is 2.44. The second kappa shape index (κ2) is 4.43. The maximum Gasteiger partial charge on any atom is 0.0431 e. The van der Waals surface area contributed by atoms with E-state index in [-0.39, 0.29) is 0 Å². The molecule has 0 aromatic carbocycles. The van der Waals surface area contributed by atoms with E-state index in [1.807, 2.05) is 0 Å². The Morgan fingerprint density at radius 3 is 2.15 bits per heavy atom. The van der Waals surface area contributed by atoms with E-state index in [0.717, 1.165) is 37.3 Å². The van der Waals surface area contributed by atoms with Gasteiger partial charge in [-0.1, -0.05) is 0 Å². The van der Waals surface area contributed by atoms with Crippen LogP contribution in [0.5, 0.6) is 0 Å². The maximum absolute atomic E-state index is 8.65. The van der Waals surface area contributed by atoms with Crippen molar-refractivity contribution < 1.29 is 5.11 Å². The summed E-state index contributed by atoms with van der Waals surface area (Å²) in [5, 5.41) is 12.3. The monoisotopic (exact) mass is 183 g/mol. The topological polar surface area (TPSA) is 32.3 Å². The Balaban J connectivity index is 1.59. The zero-order valence-electron chi connectivity index (χ0n) is 8.34. The highest BCUT2D eigenvalue weighted by Gasteiger charge is 2.40. The number of aliphatic hydroxyl groups excluding tert-OH is 1. The molecule has 76 valence electrons. The summed E-state index contributed by atoms with van der Waals surface area (Å²) >= 11 is 0. The molecule has 2 fully saturated rings. The number of nitrogens with one attached hydrogen (secondary N) is 1. The minimum atomic E-state index is 0.346. The third-order valence-corrected chi connectivity index (χ3v) is 3.22. The lowest BCUT2D eigenvalue weighted by Gasteiger charge is -2.17. The normalized spacial score (nSPS) is 22.6. The van der Waals surface area contributed by atoms with E-state index in [1.165, 1.54) is 25.7 Å². The van der Waals surface area contributed by atoms with Gasteiger partial charge < -0.3 is 10.4 Å². The summed E-state index contributed by atoms with van der Waals surface area (Å²) < 4.78 is 0. The molecule has 2 aliphatic carbocycles. The fraction of sp³-hybridized carbons (Fsp3) is 1.00. The van der Waals surface area contributed by atoms with Gasteiger partial charge in [0.2, 0.25) is 0 Å². The van der Waals surface area contributed by atoms with Gasteiger partial charge in [0.1, 0.15) is 0 Å². The Kier molecular flexibility index (Phi) is 3.23. The summed E-state index contributed by atoms with van der Waals surface area (Å²) in [6.45, 7) is 1.46. The summed E-state index contributed by atoms with van der Waals surface area (Å²) in [5.74, 6) is 2.00. The van der Waals surface area contributed by atoms with Crippen molar-refractivity contribution >= 4 is 0 Å². The maximum atomic E-state index is 8.65. The van der Waals surface area contributed by atoms with Crippen LogP contribution in [0.15, 0.2) is 0 Å². The third kappa shape index (κ3) is 2.96. The molecule has 0 unspecified atom stereocenters. The van der Waals surface area contributed by atoms with Crippen molar-refractivity contribution in [1.29, 1.82) is 0 Å². The van der Waals surface area contributed by atoms with E-state index in [0.29, 0.717) is 6.61 Å². The van der Waals surface area contributed by atoms with Crippen LogP contribution in [0.25, 0.3) is 0 Å². The van der Waals surface area contributed by atoms with E-state index in [2.05, 4.69) is 5.32 Å². The molecule has 0 radical (unpaired) electrons. The molecular weight excluding hydrogens is 162 g/mol. The van der Waals surface area contributed by atoms with Gasteiger partial charge >= 0.3 is 0 Å². The third-order valence-electron chi connectivity index (χ3n) is 3.22. The van der Waals surface area contributed by atoms with Gasteiger partial charge in [-0.15, -0.1) is 0 Å². The molecule has 0 atom stereocenters. The van der Waals surface area contributed by atoms with Gasteiger partial charge in [0.25, 0.3) is 0 Å². The summed E-state index contributed by atoms with van der Waals surface area (Å²) in [6, 6.07) is 0.832. The van der Waals surface area contributed by atoms with Gasteiger partial charge in [-0.05, 0) is 56.9 Å². The molecule has 2 heteroatoms. The summed E-state index contributed by atoms with van der Waals surface area (Å²) in [7, 11) is 0. The lowest BCUT2D eigenvalue weighted by molar-refractivity contribution is 0.281. The highest BCUT2D eigenvalue weighted by molar-refractivity contribution is 4.96. The van der Waals surface area contributed by atoms with Crippen LogP contribution < -0.4 is 5.32 Å². The first-order valence-corrected chi connectivity index (χ1v) is 5.76. The van der Waals surface area contributed by atoms with E-state index in [9.17, 15) is 0 Å². The molecule has 0 aliphatic heterocycles. The second-order valence-corrected chi connectivity index (χ2v) is 4.59. The van der Waals surface area contributed by atoms with E-state index in [1.54, 1.807) is 0 Å². The largest absolute Gasteiger partial charge is 0.396 e. The molecule has 13 heavy (non-hydrogen) atoms. The van der Waals surface area contributed by atoms with Crippen LogP contribution in [0.2, 0.25) is 0 Å². The van der Waals surface area contributed by atoms with Gasteiger partial charge in [0.15, 0.2) is 0 Å². The summed E-state index contributed by atoms with van der Waals surface area (Å²) in [4.78, 5) is 0. The Bertz CT molecular complexity index is 140. The fourth-order valence-electron chi connectivity index (χ4n) is 2.13. The molecule has 0 saturated heterocycles. The van der Waals surface area contributed by atoms with Crippen LogP contribution in [-0.2, 0) is 0 Å². The van der Waals surface area contributed by atoms with Crippen molar-refractivity contribution in [2.24, 2.45) is 11.8 Å². The minimum absolute atomic E-state index is 0.346. The summed E-state index contributed by atoms with van der Waals surface area (Å²) in [6.07, 6.45) is 7.90. The number of hydrogen-bond acceptors (Lipinski definition) is 2. The molecule has 0 amide bonds. The minimum Gasteiger partial charge on any atom is -0.396 e. The van der Waals surface area contributed by atoms with Crippen LogP contribution in [0.3, 0.4) is 0 Å². The van der Waals surface area contributed by atoms with Gasteiger partial charge in [0.05, 0.1) is 0 Å². The molecule has 2 aliphatic rings. The Hall–Kier alpha value is -0.0800. The molecule has 0 aromatic rings. The number of unbranched alkanes of at least 4 members (excludes halogenated alkanes) is 1. The highest BCUT2D eigenvalue weighted by atomic mass is 16.2. The molecule has 0 heterocycles. The van der Waals surface area contributed by atoms with E-state index >= 15 is 0 Å². The van der Waals surface area contributed by atoms with Gasteiger partial charge in [0, 0.05) is 12.6 Å². The van der Waals surface area contributed by atoms with Crippen LogP contribution in [0, 0.1) is 11.8 Å². The predicted octanol–water partition coefficient (Wildman–Crippen LogP) is 1.54. The average Bonchev–Trinajstić information content (AvgIpc) is 2.99. The summed E-state index contributed by atoms with van der Waals surface area (Å²) in [5.41, 5.74) is 0. The van der Waals surface area contributed by atoms with E-state index < -0.39 is 0 Å². The molecule has 2 N–H and O–H groups in total. The van der Waals surface area contributed by atoms with Gasteiger partial charge in [-0.2, -0.15) is 0 Å². The van der Waals surface area contributed by atoms with Crippen molar-refractivity contribution in [3.63, 3.8) is 0 Å². The Morgan fingerprint density at radius 1 is 1.08 bits per heavy atom. The predicted molar refractivity (Wildman–Crippen MR) is 53.6 cm³/mol. The van der Waals surface area contributed by atoms with Crippen molar-refractivity contribution in [1.82, 2.24) is 5.32 Å². The molecule has 2 nitrogen and oxygen atoms in total. The molecule has 2 rings (SSSR count). The van der Waals surface area contributed by atoms with Crippen LogP contribution in [0.4, 0.5) is 0 Å². The molecular formula is C11H21NO. The molecule has 0 spiro atoms. The van der Waals surface area contributed by atoms with Crippen molar-refractivity contribution in [3.05, 3.63) is 0 Å². The van der Waals surface area contributed by atoms with Crippen molar-refractivity contribution in [2.45, 2.75) is 44.6 Å². The first-order chi connectivity index (χ1) is 6.42. The smallest absolute Gasteiger partial charge is 0.0431 e. The van der Waals surface area contributed by atoms with Crippen LogP contribution in [0.1, 0.15) is 38.5 Å². The van der Waals surface area contributed by atoms with Crippen LogP contribution >= 0.6 is 0 Å². The number of rotatable bonds is 7. The lowest BCUT2D eigenvalue weighted by atomic mass is 10.1. The Morgan fingerprint density at radius 2 is 1.69 bits per heavy atom. The molecule has 2 saturated carbocycles. The first kappa shape index (κ1) is 9.47. The number of hydrogen-bond donors (Lipinski definition) is 2. The van der Waals surface area contributed by atoms with Crippen LogP contribution in [-0.4, -0.2) is 24.3 Å². The van der Waals surface area contributed by atoms with Gasteiger partial charge in [-0.3, -0.25) is 0 Å². The van der Waals surface area contributed by atoms with E-state index in [4.69, 9.17) is 5.11 Å². The van der Waals surface area contributed by atoms with Crippen molar-refractivity contribution in [2.75, 3.05) is 13.2 Å². The van der Waals surface area contributed by atoms with Crippen molar-refractivity contribution in [3.8, 4) is 0 Å². The zero-order chi connectivity index (χ0) is 9.10. The zero-order valence-corrected chi connectivity index (χ0v) is 8.34. The first-order valence-electron chi connectivity index (χ1n) is 5.76.